The molecule has 0 unspecified atom stereocenters. The quantitative estimate of drug-likeness (QED) is 0.923. The van der Waals surface area contributed by atoms with Gasteiger partial charge in [-0.3, -0.25) is 0 Å². The Balaban J connectivity index is 2.25. The van der Waals surface area contributed by atoms with Gasteiger partial charge in [-0.05, 0) is 43.2 Å². The van der Waals surface area contributed by atoms with Crippen LogP contribution >= 0.6 is 11.6 Å². The molecule has 1 N–H and O–H groups in total. The Hall–Kier alpha value is -0.620. The normalized spacial score (nSPS) is 19.6. The van der Waals surface area contributed by atoms with Gasteiger partial charge in [-0.25, -0.2) is 8.42 Å². The molecule has 1 aliphatic rings. The summed E-state index contributed by atoms with van der Waals surface area (Å²) in [5, 5.41) is 9.84. The number of sulfonamides is 1. The first-order valence-corrected chi connectivity index (χ1v) is 9.04. The fraction of sp³-hybridized carbons (Fsp3) is 0.600. The minimum atomic E-state index is -3.56. The number of nitrogens with zero attached hydrogens (tertiary/aromatic N) is 1. The average molecular weight is 332 g/mol. The first-order chi connectivity index (χ1) is 9.86. The molecule has 0 amide bonds. The van der Waals surface area contributed by atoms with Crippen LogP contribution < -0.4 is 0 Å². The Kier molecular flexibility index (Phi) is 4.98. The molecule has 0 atom stereocenters. The van der Waals surface area contributed by atoms with Gasteiger partial charge in [0.05, 0.1) is 5.02 Å². The van der Waals surface area contributed by atoms with Crippen molar-refractivity contribution in [1.29, 1.82) is 0 Å². The Labute approximate surface area is 131 Å². The van der Waals surface area contributed by atoms with Crippen molar-refractivity contribution in [2.75, 3.05) is 19.7 Å². The van der Waals surface area contributed by atoms with Crippen LogP contribution in [-0.4, -0.2) is 37.5 Å². The van der Waals surface area contributed by atoms with Gasteiger partial charge in [-0.2, -0.15) is 4.31 Å². The highest BCUT2D eigenvalue weighted by atomic mass is 35.5. The number of aryl methyl sites for hydroxylation is 1. The predicted molar refractivity (Wildman–Crippen MR) is 84.0 cm³/mol. The van der Waals surface area contributed by atoms with Gasteiger partial charge in [-0.1, -0.05) is 30.7 Å². The molecule has 1 aromatic carbocycles. The molecule has 1 aromatic rings. The minimum absolute atomic E-state index is 0.114. The maximum atomic E-state index is 12.7. The van der Waals surface area contributed by atoms with Gasteiger partial charge >= 0.3 is 0 Å². The number of hydrogen-bond donors (Lipinski definition) is 1. The number of aliphatic hydroxyl groups excluding tert-OH is 1. The molecule has 0 aromatic heterocycles. The highest BCUT2D eigenvalue weighted by molar-refractivity contribution is 7.89. The van der Waals surface area contributed by atoms with E-state index in [1.165, 1.54) is 4.31 Å². The number of rotatable bonds is 4. The SMILES string of the molecule is CCC1(CO)CCN(S(=O)(=O)c2cccc(C)c2Cl)CC1. The summed E-state index contributed by atoms with van der Waals surface area (Å²) in [5.74, 6) is 0. The van der Waals surface area contributed by atoms with E-state index in [0.717, 1.165) is 12.0 Å². The van der Waals surface area contributed by atoms with Crippen molar-refractivity contribution in [2.24, 2.45) is 5.41 Å². The van der Waals surface area contributed by atoms with E-state index in [0.29, 0.717) is 31.0 Å². The first kappa shape index (κ1) is 16.7. The van der Waals surface area contributed by atoms with Gasteiger partial charge in [-0.15, -0.1) is 0 Å². The zero-order chi connectivity index (χ0) is 15.7. The Morgan fingerprint density at radius 1 is 1.33 bits per heavy atom. The lowest BCUT2D eigenvalue weighted by Crippen LogP contribution is -2.44. The predicted octanol–water partition coefficient (Wildman–Crippen LogP) is 2.82. The number of hydrogen-bond acceptors (Lipinski definition) is 3. The molecule has 0 radical (unpaired) electrons. The number of halogens is 1. The van der Waals surface area contributed by atoms with Crippen LogP contribution in [0.1, 0.15) is 31.7 Å². The first-order valence-electron chi connectivity index (χ1n) is 7.22. The van der Waals surface area contributed by atoms with Crippen molar-refractivity contribution in [1.82, 2.24) is 4.31 Å². The summed E-state index contributed by atoms with van der Waals surface area (Å²) in [5.41, 5.74) is 0.621. The zero-order valence-corrected chi connectivity index (χ0v) is 14.0. The third-order valence-corrected chi connectivity index (χ3v) is 7.20. The van der Waals surface area contributed by atoms with Crippen LogP contribution in [0.2, 0.25) is 5.02 Å². The van der Waals surface area contributed by atoms with E-state index in [1.54, 1.807) is 25.1 Å². The molecule has 0 spiro atoms. The molecule has 0 bridgehead atoms. The van der Waals surface area contributed by atoms with E-state index in [2.05, 4.69) is 0 Å². The van der Waals surface area contributed by atoms with Crippen molar-refractivity contribution in [3.8, 4) is 0 Å². The average Bonchev–Trinajstić information content (AvgIpc) is 2.50. The van der Waals surface area contributed by atoms with Crippen LogP contribution in [-0.2, 0) is 10.0 Å². The molecule has 1 fully saturated rings. The van der Waals surface area contributed by atoms with Gasteiger partial charge < -0.3 is 5.11 Å². The molecular weight excluding hydrogens is 310 g/mol. The van der Waals surface area contributed by atoms with Crippen molar-refractivity contribution >= 4 is 21.6 Å². The van der Waals surface area contributed by atoms with E-state index in [-0.39, 0.29) is 16.9 Å². The molecular formula is C15H22ClNO3S. The molecule has 4 nitrogen and oxygen atoms in total. The van der Waals surface area contributed by atoms with Crippen LogP contribution in [0.3, 0.4) is 0 Å². The van der Waals surface area contributed by atoms with E-state index in [4.69, 9.17) is 11.6 Å². The number of piperidine rings is 1. The molecule has 1 saturated heterocycles. The topological polar surface area (TPSA) is 57.6 Å². The third kappa shape index (κ3) is 3.11. The number of aliphatic hydroxyl groups is 1. The second-order valence-electron chi connectivity index (χ2n) is 5.80. The van der Waals surface area contributed by atoms with E-state index in [9.17, 15) is 13.5 Å². The molecule has 1 aliphatic heterocycles. The lowest BCUT2D eigenvalue weighted by atomic mass is 9.77. The van der Waals surface area contributed by atoms with Crippen molar-refractivity contribution in [2.45, 2.75) is 38.0 Å². The van der Waals surface area contributed by atoms with Gasteiger partial charge in [0.25, 0.3) is 0 Å². The second kappa shape index (κ2) is 6.24. The van der Waals surface area contributed by atoms with Crippen LogP contribution in [0.4, 0.5) is 0 Å². The molecule has 1 heterocycles. The maximum Gasteiger partial charge on any atom is 0.244 e. The molecule has 0 saturated carbocycles. The van der Waals surface area contributed by atoms with Crippen LogP contribution in [0.15, 0.2) is 23.1 Å². The lowest BCUT2D eigenvalue weighted by molar-refractivity contribution is 0.0647. The maximum absolute atomic E-state index is 12.7. The summed E-state index contributed by atoms with van der Waals surface area (Å²) in [6, 6.07) is 5.06. The van der Waals surface area contributed by atoms with Gasteiger partial charge in [0.2, 0.25) is 10.0 Å². The minimum Gasteiger partial charge on any atom is -0.396 e. The lowest BCUT2D eigenvalue weighted by Gasteiger charge is -2.39. The van der Waals surface area contributed by atoms with Gasteiger partial charge in [0.1, 0.15) is 4.90 Å². The second-order valence-corrected chi connectivity index (χ2v) is 8.09. The highest BCUT2D eigenvalue weighted by Gasteiger charge is 2.37. The fourth-order valence-corrected chi connectivity index (χ4v) is 4.78. The van der Waals surface area contributed by atoms with E-state index < -0.39 is 10.0 Å². The number of benzene rings is 1. The van der Waals surface area contributed by atoms with Crippen LogP contribution in [0.25, 0.3) is 0 Å². The van der Waals surface area contributed by atoms with E-state index >= 15 is 0 Å². The summed E-state index contributed by atoms with van der Waals surface area (Å²) in [4.78, 5) is 0.178. The van der Waals surface area contributed by atoms with Crippen molar-refractivity contribution in [3.63, 3.8) is 0 Å². The van der Waals surface area contributed by atoms with Crippen LogP contribution in [0.5, 0.6) is 0 Å². The summed E-state index contributed by atoms with van der Waals surface area (Å²) >= 11 is 6.16. The molecule has 2 rings (SSSR count). The van der Waals surface area contributed by atoms with E-state index in [1.807, 2.05) is 6.92 Å². The van der Waals surface area contributed by atoms with Crippen molar-refractivity contribution < 1.29 is 13.5 Å². The van der Waals surface area contributed by atoms with Crippen LogP contribution in [0, 0.1) is 12.3 Å². The van der Waals surface area contributed by atoms with Gasteiger partial charge in [0, 0.05) is 19.7 Å². The fourth-order valence-electron chi connectivity index (χ4n) is 2.78. The standard InChI is InChI=1S/C15H22ClNO3S/c1-3-15(11-18)7-9-17(10-8-15)21(19,20)13-6-4-5-12(2)14(13)16/h4-6,18H,3,7-11H2,1-2H3. The molecule has 0 aliphatic carbocycles. The summed E-state index contributed by atoms with van der Waals surface area (Å²) < 4.78 is 26.9. The summed E-state index contributed by atoms with van der Waals surface area (Å²) in [7, 11) is -3.56. The molecule has 6 heteroatoms. The smallest absolute Gasteiger partial charge is 0.244 e. The highest BCUT2D eigenvalue weighted by Crippen LogP contribution is 2.37. The Morgan fingerprint density at radius 2 is 1.95 bits per heavy atom. The Bertz CT molecular complexity index is 601. The van der Waals surface area contributed by atoms with Gasteiger partial charge in [0.15, 0.2) is 0 Å². The third-order valence-electron chi connectivity index (χ3n) is 4.64. The molecule has 118 valence electrons. The summed E-state index contributed by atoms with van der Waals surface area (Å²) in [6.45, 7) is 4.81. The monoisotopic (exact) mass is 331 g/mol. The summed E-state index contributed by atoms with van der Waals surface area (Å²) in [6.07, 6.45) is 2.23. The Morgan fingerprint density at radius 3 is 2.48 bits per heavy atom. The molecule has 21 heavy (non-hydrogen) atoms. The van der Waals surface area contributed by atoms with Crippen molar-refractivity contribution in [3.05, 3.63) is 28.8 Å². The zero-order valence-electron chi connectivity index (χ0n) is 12.5. The largest absolute Gasteiger partial charge is 0.396 e.